The van der Waals surface area contributed by atoms with Crippen molar-refractivity contribution in [2.75, 3.05) is 26.2 Å². The second kappa shape index (κ2) is 12.0. The molecule has 0 atom stereocenters. The Bertz CT molecular complexity index is 742. The van der Waals surface area contributed by atoms with Crippen LogP contribution >= 0.6 is 24.0 Å². The SMILES string of the molecule is CCNC(=O)c1cccc(CN=C(NCC)NC2CN(C(=O)OC(C)(C)C)C2)c1.I. The van der Waals surface area contributed by atoms with Gasteiger partial charge in [0, 0.05) is 31.7 Å². The molecule has 0 aromatic heterocycles. The molecule has 9 heteroatoms. The Morgan fingerprint density at radius 2 is 1.83 bits per heavy atom. The molecular formula is C21H34IN5O3. The van der Waals surface area contributed by atoms with Gasteiger partial charge < -0.3 is 25.6 Å². The van der Waals surface area contributed by atoms with Gasteiger partial charge in [-0.3, -0.25) is 4.79 Å². The molecule has 168 valence electrons. The minimum absolute atomic E-state index is 0. The third-order valence-electron chi connectivity index (χ3n) is 4.16. The quantitative estimate of drug-likeness (QED) is 0.298. The summed E-state index contributed by atoms with van der Waals surface area (Å²) >= 11 is 0. The number of halogens is 1. The molecule has 0 spiro atoms. The van der Waals surface area contributed by atoms with Gasteiger partial charge >= 0.3 is 6.09 Å². The number of nitrogens with zero attached hydrogens (tertiary/aromatic N) is 2. The van der Waals surface area contributed by atoms with Crippen molar-refractivity contribution in [1.82, 2.24) is 20.9 Å². The van der Waals surface area contributed by atoms with Gasteiger partial charge in [-0.05, 0) is 52.3 Å². The van der Waals surface area contributed by atoms with E-state index in [4.69, 9.17) is 4.74 Å². The third-order valence-corrected chi connectivity index (χ3v) is 4.16. The van der Waals surface area contributed by atoms with E-state index in [-0.39, 0.29) is 42.0 Å². The van der Waals surface area contributed by atoms with E-state index in [0.29, 0.717) is 37.7 Å². The summed E-state index contributed by atoms with van der Waals surface area (Å²) in [6, 6.07) is 7.58. The van der Waals surface area contributed by atoms with Gasteiger partial charge in [-0.15, -0.1) is 24.0 Å². The molecule has 0 aliphatic carbocycles. The van der Waals surface area contributed by atoms with E-state index < -0.39 is 5.60 Å². The number of benzene rings is 1. The van der Waals surface area contributed by atoms with Crippen molar-refractivity contribution in [3.05, 3.63) is 35.4 Å². The summed E-state index contributed by atoms with van der Waals surface area (Å²) in [6.07, 6.45) is -0.292. The fraction of sp³-hybridized carbons (Fsp3) is 0.571. The van der Waals surface area contributed by atoms with Gasteiger partial charge in [-0.25, -0.2) is 9.79 Å². The highest BCUT2D eigenvalue weighted by atomic mass is 127. The van der Waals surface area contributed by atoms with Crippen LogP contribution in [0.25, 0.3) is 0 Å². The Balaban J connectivity index is 0.00000450. The number of ether oxygens (including phenoxy) is 1. The van der Waals surface area contributed by atoms with Crippen LogP contribution < -0.4 is 16.0 Å². The van der Waals surface area contributed by atoms with Crippen LogP contribution in [0.3, 0.4) is 0 Å². The highest BCUT2D eigenvalue weighted by Crippen LogP contribution is 2.15. The Morgan fingerprint density at radius 3 is 2.43 bits per heavy atom. The number of amides is 2. The summed E-state index contributed by atoms with van der Waals surface area (Å²) in [7, 11) is 0. The summed E-state index contributed by atoms with van der Waals surface area (Å²) in [4.78, 5) is 30.3. The first-order valence-corrected chi connectivity index (χ1v) is 10.1. The maximum Gasteiger partial charge on any atom is 0.410 e. The first-order chi connectivity index (χ1) is 13.7. The summed E-state index contributed by atoms with van der Waals surface area (Å²) < 4.78 is 5.38. The molecule has 1 aromatic carbocycles. The average Bonchev–Trinajstić information content (AvgIpc) is 2.61. The molecule has 1 aromatic rings. The van der Waals surface area contributed by atoms with Crippen LogP contribution in [0.5, 0.6) is 0 Å². The Hall–Kier alpha value is -2.04. The van der Waals surface area contributed by atoms with E-state index in [9.17, 15) is 9.59 Å². The molecule has 1 aliphatic rings. The van der Waals surface area contributed by atoms with E-state index in [1.165, 1.54) is 0 Å². The third kappa shape index (κ3) is 8.37. The smallest absolute Gasteiger partial charge is 0.410 e. The zero-order valence-corrected chi connectivity index (χ0v) is 20.8. The van der Waals surface area contributed by atoms with Gasteiger partial charge in [0.25, 0.3) is 5.91 Å². The van der Waals surface area contributed by atoms with Crippen molar-refractivity contribution in [2.45, 2.75) is 52.8 Å². The van der Waals surface area contributed by atoms with Crippen LogP contribution in [0.1, 0.15) is 50.5 Å². The van der Waals surface area contributed by atoms with E-state index in [0.717, 1.165) is 12.1 Å². The van der Waals surface area contributed by atoms with Crippen molar-refractivity contribution < 1.29 is 14.3 Å². The lowest BCUT2D eigenvalue weighted by Crippen LogP contribution is -2.63. The lowest BCUT2D eigenvalue weighted by molar-refractivity contribution is 0.00700. The van der Waals surface area contributed by atoms with Crippen molar-refractivity contribution in [3.8, 4) is 0 Å². The molecule has 1 saturated heterocycles. The number of hydrogen-bond donors (Lipinski definition) is 3. The summed E-state index contributed by atoms with van der Waals surface area (Å²) in [5, 5.41) is 9.36. The van der Waals surface area contributed by atoms with E-state index in [2.05, 4.69) is 20.9 Å². The normalized spacial score (nSPS) is 14.3. The average molecular weight is 531 g/mol. The van der Waals surface area contributed by atoms with Gasteiger partial charge in [0.15, 0.2) is 5.96 Å². The maximum absolute atomic E-state index is 12.0. The van der Waals surface area contributed by atoms with E-state index >= 15 is 0 Å². The highest BCUT2D eigenvalue weighted by molar-refractivity contribution is 14.0. The largest absolute Gasteiger partial charge is 0.444 e. The van der Waals surface area contributed by atoms with Crippen molar-refractivity contribution in [3.63, 3.8) is 0 Å². The van der Waals surface area contributed by atoms with Crippen LogP contribution in [0.15, 0.2) is 29.3 Å². The topological polar surface area (TPSA) is 95.1 Å². The van der Waals surface area contributed by atoms with Crippen LogP contribution in [0, 0.1) is 0 Å². The number of rotatable bonds is 6. The zero-order chi connectivity index (χ0) is 21.4. The molecule has 0 saturated carbocycles. The van der Waals surface area contributed by atoms with Gasteiger partial charge in [-0.1, -0.05) is 12.1 Å². The Kier molecular flexibility index (Phi) is 10.4. The number of guanidine groups is 1. The predicted molar refractivity (Wildman–Crippen MR) is 129 cm³/mol. The molecular weight excluding hydrogens is 497 g/mol. The van der Waals surface area contributed by atoms with Crippen LogP contribution in [-0.4, -0.2) is 60.7 Å². The van der Waals surface area contributed by atoms with Gasteiger partial charge in [-0.2, -0.15) is 0 Å². The molecule has 8 nitrogen and oxygen atoms in total. The van der Waals surface area contributed by atoms with Gasteiger partial charge in [0.05, 0.1) is 12.6 Å². The van der Waals surface area contributed by atoms with Crippen molar-refractivity contribution in [2.24, 2.45) is 4.99 Å². The summed E-state index contributed by atoms with van der Waals surface area (Å²) in [5.41, 5.74) is 1.09. The maximum atomic E-state index is 12.0. The molecule has 0 radical (unpaired) electrons. The van der Waals surface area contributed by atoms with Crippen molar-refractivity contribution in [1.29, 1.82) is 0 Å². The molecule has 30 heavy (non-hydrogen) atoms. The number of nitrogens with one attached hydrogen (secondary N) is 3. The first-order valence-electron chi connectivity index (χ1n) is 10.1. The predicted octanol–water partition coefficient (Wildman–Crippen LogP) is 2.73. The number of carbonyl (C=O) groups is 2. The molecule has 3 N–H and O–H groups in total. The molecule has 1 aliphatic heterocycles. The standard InChI is InChI=1S/C21H33N5O3.HI/c1-6-22-18(27)16-10-8-9-15(11-16)12-24-19(23-7-2)25-17-13-26(14-17)20(28)29-21(3,4)5;/h8-11,17H,6-7,12-14H2,1-5H3,(H,22,27)(H2,23,24,25);1H. The van der Waals surface area contributed by atoms with Crippen LogP contribution in [-0.2, 0) is 11.3 Å². The lowest BCUT2D eigenvalue weighted by atomic mass is 10.1. The zero-order valence-electron chi connectivity index (χ0n) is 18.4. The Labute approximate surface area is 196 Å². The van der Waals surface area contributed by atoms with Crippen molar-refractivity contribution >= 4 is 41.9 Å². The second-order valence-corrected chi connectivity index (χ2v) is 7.98. The van der Waals surface area contributed by atoms with Crippen LogP contribution in [0.4, 0.5) is 4.79 Å². The minimum atomic E-state index is -0.492. The minimum Gasteiger partial charge on any atom is -0.444 e. The van der Waals surface area contributed by atoms with Gasteiger partial charge in [0.1, 0.15) is 5.60 Å². The second-order valence-electron chi connectivity index (χ2n) is 7.98. The Morgan fingerprint density at radius 1 is 1.17 bits per heavy atom. The van der Waals surface area contributed by atoms with Crippen LogP contribution in [0.2, 0.25) is 0 Å². The van der Waals surface area contributed by atoms with E-state index in [1.54, 1.807) is 11.0 Å². The fourth-order valence-electron chi connectivity index (χ4n) is 2.80. The molecule has 0 unspecified atom stereocenters. The highest BCUT2D eigenvalue weighted by Gasteiger charge is 2.34. The number of aliphatic imine (C=N–C) groups is 1. The van der Waals surface area contributed by atoms with E-state index in [1.807, 2.05) is 52.8 Å². The van der Waals surface area contributed by atoms with Gasteiger partial charge in [0.2, 0.25) is 0 Å². The lowest BCUT2D eigenvalue weighted by Gasteiger charge is -2.40. The number of carbonyl (C=O) groups excluding carboxylic acids is 2. The number of likely N-dealkylation sites (tertiary alicyclic amines) is 1. The molecule has 2 amide bonds. The molecule has 1 heterocycles. The fourth-order valence-corrected chi connectivity index (χ4v) is 2.80. The monoisotopic (exact) mass is 531 g/mol. The molecule has 1 fully saturated rings. The summed E-state index contributed by atoms with van der Waals surface area (Å²) in [5.74, 6) is 0.602. The summed E-state index contributed by atoms with van der Waals surface area (Å²) in [6.45, 7) is 12.4. The number of hydrogen-bond acceptors (Lipinski definition) is 4. The first kappa shape index (κ1) is 26.0. The molecule has 0 bridgehead atoms. The molecule has 2 rings (SSSR count).